The van der Waals surface area contributed by atoms with Crippen molar-refractivity contribution in [1.82, 2.24) is 0 Å². The van der Waals surface area contributed by atoms with Gasteiger partial charge in [-0.1, -0.05) is 15.9 Å². The minimum atomic E-state index is -1.30. The smallest absolute Gasteiger partial charge is 0.203 e. The Hall–Kier alpha value is -0.710. The van der Waals surface area contributed by atoms with E-state index < -0.39 is 23.2 Å². The molecule has 0 bridgehead atoms. The minimum Gasteiger partial charge on any atom is -0.491 e. The summed E-state index contributed by atoms with van der Waals surface area (Å²) in [5.74, 6) is -3.98. The predicted molar refractivity (Wildman–Crippen MR) is 45.5 cm³/mol. The standard InChI is InChI=1S/C8H6BrF3O/c1-13-8-6(11)4(3-9)2-5(10)7(8)12/h2H,3H2,1H3. The Kier molecular flexibility index (Phi) is 3.19. The van der Waals surface area contributed by atoms with Gasteiger partial charge >= 0.3 is 0 Å². The highest BCUT2D eigenvalue weighted by Gasteiger charge is 2.18. The van der Waals surface area contributed by atoms with E-state index in [4.69, 9.17) is 0 Å². The van der Waals surface area contributed by atoms with Gasteiger partial charge in [0.25, 0.3) is 0 Å². The summed E-state index contributed by atoms with van der Waals surface area (Å²) in [4.78, 5) is 0. The van der Waals surface area contributed by atoms with Crippen LogP contribution in [0.2, 0.25) is 0 Å². The highest BCUT2D eigenvalue weighted by molar-refractivity contribution is 9.08. The summed E-state index contributed by atoms with van der Waals surface area (Å²) in [5.41, 5.74) is 0.0238. The molecule has 0 aliphatic heterocycles. The molecular formula is C8H6BrF3O. The number of benzene rings is 1. The van der Waals surface area contributed by atoms with E-state index in [-0.39, 0.29) is 10.9 Å². The van der Waals surface area contributed by atoms with Crippen LogP contribution in [0.4, 0.5) is 13.2 Å². The third-order valence-corrected chi connectivity index (χ3v) is 2.14. The van der Waals surface area contributed by atoms with Crippen molar-refractivity contribution < 1.29 is 17.9 Å². The Labute approximate surface area is 81.6 Å². The van der Waals surface area contributed by atoms with Crippen LogP contribution < -0.4 is 4.74 Å². The lowest BCUT2D eigenvalue weighted by atomic mass is 10.2. The van der Waals surface area contributed by atoms with Crippen LogP contribution in [-0.2, 0) is 5.33 Å². The van der Waals surface area contributed by atoms with Crippen molar-refractivity contribution in [1.29, 1.82) is 0 Å². The molecule has 0 fully saturated rings. The molecule has 1 aromatic rings. The molecule has 1 nitrogen and oxygen atoms in total. The van der Waals surface area contributed by atoms with Crippen LogP contribution in [0, 0.1) is 17.5 Å². The van der Waals surface area contributed by atoms with E-state index in [1.807, 2.05) is 0 Å². The minimum absolute atomic E-state index is 0.0238. The van der Waals surface area contributed by atoms with Crippen LogP contribution in [0.3, 0.4) is 0 Å². The van der Waals surface area contributed by atoms with Crippen LogP contribution in [0.25, 0.3) is 0 Å². The van der Waals surface area contributed by atoms with E-state index >= 15 is 0 Å². The molecule has 1 rings (SSSR count). The van der Waals surface area contributed by atoms with Crippen molar-refractivity contribution in [3.63, 3.8) is 0 Å². The molecule has 13 heavy (non-hydrogen) atoms. The highest BCUT2D eigenvalue weighted by Crippen LogP contribution is 2.27. The Morgan fingerprint density at radius 2 is 1.92 bits per heavy atom. The molecule has 0 unspecified atom stereocenters. The quantitative estimate of drug-likeness (QED) is 0.583. The molecule has 5 heteroatoms. The topological polar surface area (TPSA) is 9.23 Å². The van der Waals surface area contributed by atoms with Crippen molar-refractivity contribution in [3.8, 4) is 5.75 Å². The van der Waals surface area contributed by atoms with Gasteiger partial charge in [0.15, 0.2) is 17.4 Å². The second-order valence-corrected chi connectivity index (χ2v) is 2.87. The number of hydrogen-bond acceptors (Lipinski definition) is 1. The summed E-state index contributed by atoms with van der Waals surface area (Å²) < 4.78 is 43.1. The maximum atomic E-state index is 13.2. The first-order valence-electron chi connectivity index (χ1n) is 3.38. The fourth-order valence-electron chi connectivity index (χ4n) is 0.907. The van der Waals surface area contributed by atoms with Gasteiger partial charge in [0, 0.05) is 10.9 Å². The van der Waals surface area contributed by atoms with E-state index in [1.54, 1.807) is 0 Å². The second kappa shape index (κ2) is 4.00. The van der Waals surface area contributed by atoms with Gasteiger partial charge in [-0.05, 0) is 6.07 Å². The lowest BCUT2D eigenvalue weighted by Gasteiger charge is -2.07. The Morgan fingerprint density at radius 1 is 1.31 bits per heavy atom. The van der Waals surface area contributed by atoms with Crippen molar-refractivity contribution in [2.75, 3.05) is 7.11 Å². The third kappa shape index (κ3) is 1.80. The number of rotatable bonds is 2. The molecule has 0 spiro atoms. The summed E-state index contributed by atoms with van der Waals surface area (Å²) in [7, 11) is 1.08. The molecular weight excluding hydrogens is 249 g/mol. The van der Waals surface area contributed by atoms with Crippen LogP contribution in [0.1, 0.15) is 5.56 Å². The van der Waals surface area contributed by atoms with Gasteiger partial charge in [0.05, 0.1) is 7.11 Å². The van der Waals surface area contributed by atoms with Crippen molar-refractivity contribution >= 4 is 15.9 Å². The van der Waals surface area contributed by atoms with E-state index in [0.29, 0.717) is 0 Å². The summed E-state index contributed by atoms with van der Waals surface area (Å²) in [6, 6.07) is 0.794. The normalized spacial score (nSPS) is 10.2. The van der Waals surface area contributed by atoms with Crippen molar-refractivity contribution in [3.05, 3.63) is 29.1 Å². The molecule has 0 aliphatic rings. The Bertz CT molecular complexity index is 328. The van der Waals surface area contributed by atoms with Crippen molar-refractivity contribution in [2.45, 2.75) is 5.33 Å². The first-order valence-corrected chi connectivity index (χ1v) is 4.50. The SMILES string of the molecule is COc1c(F)c(F)cc(CBr)c1F. The van der Waals surface area contributed by atoms with E-state index in [0.717, 1.165) is 13.2 Å². The molecule has 0 saturated carbocycles. The largest absolute Gasteiger partial charge is 0.491 e. The maximum Gasteiger partial charge on any atom is 0.203 e. The number of methoxy groups -OCH3 is 1. The fourth-order valence-corrected chi connectivity index (χ4v) is 1.31. The third-order valence-electron chi connectivity index (χ3n) is 1.54. The molecule has 72 valence electrons. The molecule has 0 N–H and O–H groups in total. The van der Waals surface area contributed by atoms with Crippen LogP contribution >= 0.6 is 15.9 Å². The second-order valence-electron chi connectivity index (χ2n) is 2.31. The molecule has 0 heterocycles. The van der Waals surface area contributed by atoms with E-state index in [1.165, 1.54) is 0 Å². The molecule has 1 aromatic carbocycles. The average Bonchev–Trinajstić information content (AvgIpc) is 2.12. The molecule has 0 aromatic heterocycles. The van der Waals surface area contributed by atoms with Gasteiger partial charge < -0.3 is 4.74 Å². The van der Waals surface area contributed by atoms with E-state index in [9.17, 15) is 13.2 Å². The number of halogens is 4. The van der Waals surface area contributed by atoms with Crippen LogP contribution in [0.5, 0.6) is 5.75 Å². The molecule has 0 saturated heterocycles. The first-order chi connectivity index (χ1) is 6.11. The summed E-state index contributed by atoms with van der Waals surface area (Å²) in [6.07, 6.45) is 0. The number of hydrogen-bond donors (Lipinski definition) is 0. The van der Waals surface area contributed by atoms with Gasteiger partial charge in [-0.15, -0.1) is 0 Å². The maximum absolute atomic E-state index is 13.2. The van der Waals surface area contributed by atoms with Gasteiger partial charge in [0.1, 0.15) is 0 Å². The van der Waals surface area contributed by atoms with Crippen LogP contribution in [-0.4, -0.2) is 7.11 Å². The van der Waals surface area contributed by atoms with Gasteiger partial charge in [-0.3, -0.25) is 0 Å². The summed E-state index contributed by atoms with van der Waals surface area (Å²) in [5, 5.41) is 0.104. The lowest BCUT2D eigenvalue weighted by molar-refractivity contribution is 0.345. The monoisotopic (exact) mass is 254 g/mol. The summed E-state index contributed by atoms with van der Waals surface area (Å²) in [6.45, 7) is 0. The van der Waals surface area contributed by atoms with Gasteiger partial charge in [-0.2, -0.15) is 4.39 Å². The fraction of sp³-hybridized carbons (Fsp3) is 0.250. The molecule has 0 atom stereocenters. The average molecular weight is 255 g/mol. The predicted octanol–water partition coefficient (Wildman–Crippen LogP) is 3.01. The molecule has 0 aliphatic carbocycles. The summed E-state index contributed by atoms with van der Waals surface area (Å²) >= 11 is 2.95. The zero-order chi connectivity index (χ0) is 10.0. The van der Waals surface area contributed by atoms with Gasteiger partial charge in [-0.25, -0.2) is 8.78 Å². The number of ether oxygens (including phenoxy) is 1. The zero-order valence-electron chi connectivity index (χ0n) is 6.70. The van der Waals surface area contributed by atoms with Gasteiger partial charge in [0.2, 0.25) is 5.82 Å². The van der Waals surface area contributed by atoms with Crippen LogP contribution in [0.15, 0.2) is 6.07 Å². The van der Waals surface area contributed by atoms with E-state index in [2.05, 4.69) is 20.7 Å². The molecule has 0 radical (unpaired) electrons. The lowest BCUT2D eigenvalue weighted by Crippen LogP contribution is -1.99. The molecule has 0 amide bonds. The Balaban J connectivity index is 3.39. The zero-order valence-corrected chi connectivity index (χ0v) is 8.29. The first kappa shape index (κ1) is 10.4. The van der Waals surface area contributed by atoms with Crippen molar-refractivity contribution in [2.24, 2.45) is 0 Å². The highest BCUT2D eigenvalue weighted by atomic mass is 79.9. The number of alkyl halides is 1. The Morgan fingerprint density at radius 3 is 2.38 bits per heavy atom.